The van der Waals surface area contributed by atoms with Crippen molar-refractivity contribution in [2.45, 2.75) is 34.6 Å². The molecule has 0 radical (unpaired) electrons. The van der Waals surface area contributed by atoms with E-state index in [-0.39, 0.29) is 11.8 Å². The number of aryl methyl sites for hydroxylation is 1. The minimum atomic E-state index is -0.180. The van der Waals surface area contributed by atoms with Crippen molar-refractivity contribution in [2.75, 3.05) is 36.4 Å². The molecule has 0 unspecified atom stereocenters. The van der Waals surface area contributed by atoms with Crippen molar-refractivity contribution in [1.82, 2.24) is 4.90 Å². The summed E-state index contributed by atoms with van der Waals surface area (Å²) in [6, 6.07) is 12.9. The average Bonchev–Trinajstić information content (AvgIpc) is 2.71. The van der Waals surface area contributed by atoms with Gasteiger partial charge in [-0.15, -0.1) is 0 Å². The number of amides is 2. The van der Waals surface area contributed by atoms with E-state index in [1.54, 1.807) is 29.2 Å². The van der Waals surface area contributed by atoms with Gasteiger partial charge in [0.15, 0.2) is 0 Å². The van der Waals surface area contributed by atoms with Gasteiger partial charge in [-0.05, 0) is 82.6 Å². The van der Waals surface area contributed by atoms with E-state index >= 15 is 0 Å². The summed E-state index contributed by atoms with van der Waals surface area (Å²) < 4.78 is 0. The largest absolute Gasteiger partial charge is 0.372 e. The number of nitrogens with zero attached hydrogens (tertiary/aromatic N) is 2. The first-order valence-electron chi connectivity index (χ1n) is 10.0. The molecule has 2 rings (SSSR count). The Labute approximate surface area is 168 Å². The van der Waals surface area contributed by atoms with Crippen LogP contribution in [0.1, 0.15) is 54.0 Å². The monoisotopic (exact) mass is 381 g/mol. The summed E-state index contributed by atoms with van der Waals surface area (Å²) in [6.07, 6.45) is 0. The number of rotatable bonds is 8. The molecule has 0 fully saturated rings. The molecule has 0 bridgehead atoms. The van der Waals surface area contributed by atoms with Gasteiger partial charge in [0.25, 0.3) is 11.8 Å². The maximum Gasteiger partial charge on any atom is 0.255 e. The molecular weight excluding hydrogens is 350 g/mol. The van der Waals surface area contributed by atoms with Gasteiger partial charge in [-0.1, -0.05) is 0 Å². The number of hydrogen-bond acceptors (Lipinski definition) is 3. The van der Waals surface area contributed by atoms with Crippen molar-refractivity contribution in [3.05, 3.63) is 59.2 Å². The van der Waals surface area contributed by atoms with Crippen LogP contribution in [0.15, 0.2) is 42.5 Å². The number of carbonyl (C=O) groups excluding carboxylic acids is 2. The Hall–Kier alpha value is -2.82. The summed E-state index contributed by atoms with van der Waals surface area (Å²) in [5, 5.41) is 2.97. The van der Waals surface area contributed by atoms with Crippen LogP contribution in [0, 0.1) is 6.92 Å². The molecule has 5 heteroatoms. The van der Waals surface area contributed by atoms with Crippen molar-refractivity contribution in [1.29, 1.82) is 0 Å². The van der Waals surface area contributed by atoms with E-state index in [9.17, 15) is 9.59 Å². The summed E-state index contributed by atoms with van der Waals surface area (Å²) in [7, 11) is 0. The van der Waals surface area contributed by atoms with E-state index in [0.717, 1.165) is 30.0 Å². The lowest BCUT2D eigenvalue weighted by atomic mass is 10.1. The number of hydrogen-bond donors (Lipinski definition) is 1. The van der Waals surface area contributed by atoms with E-state index in [1.807, 2.05) is 32.9 Å². The zero-order chi connectivity index (χ0) is 20.7. The summed E-state index contributed by atoms with van der Waals surface area (Å²) in [6.45, 7) is 13.4. The third-order valence-electron chi connectivity index (χ3n) is 5.03. The highest BCUT2D eigenvalue weighted by Gasteiger charge is 2.14. The maximum atomic E-state index is 12.6. The molecule has 0 aliphatic rings. The number of carbonyl (C=O) groups is 2. The SMILES string of the molecule is CCN(CC)C(=O)c1ccc(C(=O)Nc2ccc(N(CC)CC)cc2C)cc1. The second kappa shape index (κ2) is 9.93. The first kappa shape index (κ1) is 21.5. The molecule has 0 aliphatic carbocycles. The molecule has 5 nitrogen and oxygen atoms in total. The van der Waals surface area contributed by atoms with Gasteiger partial charge in [-0.25, -0.2) is 0 Å². The van der Waals surface area contributed by atoms with E-state index in [2.05, 4.69) is 30.1 Å². The van der Waals surface area contributed by atoms with Gasteiger partial charge in [0.2, 0.25) is 0 Å². The molecule has 150 valence electrons. The minimum Gasteiger partial charge on any atom is -0.372 e. The summed E-state index contributed by atoms with van der Waals surface area (Å²) in [5.41, 5.74) is 4.10. The highest BCUT2D eigenvalue weighted by Crippen LogP contribution is 2.23. The molecule has 0 heterocycles. The van der Waals surface area contributed by atoms with E-state index in [1.165, 1.54) is 0 Å². The Morgan fingerprint density at radius 2 is 1.39 bits per heavy atom. The first-order valence-corrected chi connectivity index (χ1v) is 10.0. The lowest BCUT2D eigenvalue weighted by Crippen LogP contribution is -2.30. The molecule has 0 saturated heterocycles. The van der Waals surface area contributed by atoms with Crippen LogP contribution in [0.2, 0.25) is 0 Å². The van der Waals surface area contributed by atoms with Gasteiger partial charge in [-0.3, -0.25) is 9.59 Å². The van der Waals surface area contributed by atoms with E-state index in [0.29, 0.717) is 24.2 Å². The molecule has 28 heavy (non-hydrogen) atoms. The number of anilines is 2. The molecule has 2 aromatic carbocycles. The predicted octanol–water partition coefficient (Wildman–Crippen LogP) is 4.58. The van der Waals surface area contributed by atoms with E-state index < -0.39 is 0 Å². The maximum absolute atomic E-state index is 12.6. The van der Waals surface area contributed by atoms with Crippen LogP contribution in [-0.2, 0) is 0 Å². The van der Waals surface area contributed by atoms with Gasteiger partial charge in [0, 0.05) is 48.7 Å². The van der Waals surface area contributed by atoms with Gasteiger partial charge in [0.1, 0.15) is 0 Å². The minimum absolute atomic E-state index is 0.0141. The normalized spacial score (nSPS) is 10.5. The lowest BCUT2D eigenvalue weighted by molar-refractivity contribution is 0.0772. The smallest absolute Gasteiger partial charge is 0.255 e. The fourth-order valence-electron chi connectivity index (χ4n) is 3.23. The van der Waals surface area contributed by atoms with Crippen LogP contribution in [0.3, 0.4) is 0 Å². The fraction of sp³-hybridized carbons (Fsp3) is 0.391. The molecule has 2 amide bonds. The number of benzene rings is 2. The van der Waals surface area contributed by atoms with Crippen molar-refractivity contribution in [3.8, 4) is 0 Å². The van der Waals surface area contributed by atoms with Crippen LogP contribution in [0.5, 0.6) is 0 Å². The van der Waals surface area contributed by atoms with Crippen LogP contribution >= 0.6 is 0 Å². The quantitative estimate of drug-likeness (QED) is 0.728. The standard InChI is InChI=1S/C23H31N3O2/c1-6-25(7-2)20-14-15-21(17(5)16-20)24-22(27)18-10-12-19(13-11-18)23(28)26(8-3)9-4/h10-16H,6-9H2,1-5H3,(H,24,27). The fourth-order valence-corrected chi connectivity index (χ4v) is 3.23. The number of nitrogens with one attached hydrogen (secondary N) is 1. The van der Waals surface area contributed by atoms with Crippen LogP contribution in [0.25, 0.3) is 0 Å². The molecule has 0 atom stereocenters. The molecule has 0 aromatic heterocycles. The highest BCUT2D eigenvalue weighted by atomic mass is 16.2. The Balaban J connectivity index is 2.12. The topological polar surface area (TPSA) is 52.7 Å². The zero-order valence-electron chi connectivity index (χ0n) is 17.6. The van der Waals surface area contributed by atoms with Gasteiger partial charge >= 0.3 is 0 Å². The van der Waals surface area contributed by atoms with Gasteiger partial charge in [-0.2, -0.15) is 0 Å². The Kier molecular flexibility index (Phi) is 7.61. The Morgan fingerprint density at radius 3 is 1.89 bits per heavy atom. The van der Waals surface area contributed by atoms with Gasteiger partial charge < -0.3 is 15.1 Å². The summed E-state index contributed by atoms with van der Waals surface area (Å²) in [4.78, 5) is 29.0. The lowest BCUT2D eigenvalue weighted by Gasteiger charge is -2.22. The molecule has 2 aromatic rings. The summed E-state index contributed by atoms with van der Waals surface area (Å²) >= 11 is 0. The second-order valence-corrected chi connectivity index (χ2v) is 6.68. The molecule has 1 N–H and O–H groups in total. The summed E-state index contributed by atoms with van der Waals surface area (Å²) in [5.74, 6) is -0.194. The van der Waals surface area contributed by atoms with Crippen molar-refractivity contribution in [3.63, 3.8) is 0 Å². The highest BCUT2D eigenvalue weighted by molar-refractivity contribution is 6.05. The third-order valence-corrected chi connectivity index (χ3v) is 5.03. The van der Waals surface area contributed by atoms with Crippen LogP contribution in [-0.4, -0.2) is 42.9 Å². The average molecular weight is 382 g/mol. The molecular formula is C23H31N3O2. The second-order valence-electron chi connectivity index (χ2n) is 6.68. The first-order chi connectivity index (χ1) is 13.4. The Morgan fingerprint density at radius 1 is 0.821 bits per heavy atom. The third kappa shape index (κ3) is 4.91. The predicted molar refractivity (Wildman–Crippen MR) is 116 cm³/mol. The molecule has 0 spiro atoms. The zero-order valence-corrected chi connectivity index (χ0v) is 17.6. The van der Waals surface area contributed by atoms with E-state index in [4.69, 9.17) is 0 Å². The van der Waals surface area contributed by atoms with Crippen LogP contribution < -0.4 is 10.2 Å². The molecule has 0 saturated carbocycles. The van der Waals surface area contributed by atoms with Crippen molar-refractivity contribution < 1.29 is 9.59 Å². The molecule has 0 aliphatic heterocycles. The van der Waals surface area contributed by atoms with Crippen molar-refractivity contribution in [2.24, 2.45) is 0 Å². The Bertz CT molecular complexity index is 807. The van der Waals surface area contributed by atoms with Gasteiger partial charge in [0.05, 0.1) is 0 Å². The van der Waals surface area contributed by atoms with Crippen LogP contribution in [0.4, 0.5) is 11.4 Å². The van der Waals surface area contributed by atoms with Crippen molar-refractivity contribution >= 4 is 23.2 Å².